The first kappa shape index (κ1) is 19.2. The molecule has 1 aromatic carbocycles. The van der Waals surface area contributed by atoms with E-state index >= 15 is 0 Å². The number of nitrogens with two attached hydrogens (primary N) is 1. The number of carbonyl (C=O) groups excluding carboxylic acids is 2. The molecule has 1 heterocycles. The van der Waals surface area contributed by atoms with E-state index < -0.39 is 17.6 Å². The Morgan fingerprint density at radius 3 is 2.44 bits per heavy atom. The largest absolute Gasteiger partial charge is 0.433 e. The molecule has 0 spiro atoms. The number of likely N-dealkylation sites (tertiary alicyclic amines) is 1. The van der Waals surface area contributed by atoms with E-state index in [1.54, 1.807) is 4.90 Å². The molecule has 1 aliphatic rings. The second-order valence-corrected chi connectivity index (χ2v) is 7.00. The van der Waals surface area contributed by atoms with Crippen molar-refractivity contribution in [3.05, 3.63) is 35.9 Å². The first-order valence-corrected chi connectivity index (χ1v) is 8.78. The van der Waals surface area contributed by atoms with Gasteiger partial charge in [0.25, 0.3) is 5.91 Å². The van der Waals surface area contributed by atoms with Crippen LogP contribution >= 0.6 is 0 Å². The van der Waals surface area contributed by atoms with Gasteiger partial charge < -0.3 is 20.1 Å². The molecule has 1 fully saturated rings. The predicted octanol–water partition coefficient (Wildman–Crippen LogP) is 2.71. The monoisotopic (exact) mass is 348 g/mol. The summed E-state index contributed by atoms with van der Waals surface area (Å²) in [6, 6.07) is 10.1. The maximum Gasteiger partial charge on any atom is 0.410 e. The number of piperidine rings is 1. The van der Waals surface area contributed by atoms with Crippen LogP contribution in [0.3, 0.4) is 0 Å². The zero-order valence-electron chi connectivity index (χ0n) is 15.1. The Labute approximate surface area is 149 Å². The molecule has 2 amide bonds. The topological polar surface area (TPSA) is 81.9 Å². The van der Waals surface area contributed by atoms with Gasteiger partial charge in [0.2, 0.25) is 0 Å². The molecule has 138 valence electrons. The normalized spacial score (nSPS) is 15.8. The Morgan fingerprint density at radius 2 is 1.84 bits per heavy atom. The van der Waals surface area contributed by atoms with Gasteiger partial charge in [0.05, 0.1) is 6.61 Å². The van der Waals surface area contributed by atoms with E-state index in [2.05, 4.69) is 12.1 Å². The van der Waals surface area contributed by atoms with Crippen molar-refractivity contribution >= 4 is 12.0 Å². The second-order valence-electron chi connectivity index (χ2n) is 7.00. The third-order valence-electron chi connectivity index (χ3n) is 4.59. The van der Waals surface area contributed by atoms with Gasteiger partial charge in [-0.3, -0.25) is 4.79 Å². The summed E-state index contributed by atoms with van der Waals surface area (Å²) in [5.74, 6) is -0.102. The van der Waals surface area contributed by atoms with Gasteiger partial charge in [-0.2, -0.15) is 0 Å². The number of rotatable bonds is 7. The van der Waals surface area contributed by atoms with Gasteiger partial charge in [-0.15, -0.1) is 0 Å². The fraction of sp³-hybridized carbons (Fsp3) is 0.579. The number of hydrogen-bond donors (Lipinski definition) is 1. The molecular formula is C19H28N2O4. The predicted molar refractivity (Wildman–Crippen MR) is 94.8 cm³/mol. The molecule has 0 radical (unpaired) electrons. The Kier molecular flexibility index (Phi) is 6.82. The quantitative estimate of drug-likeness (QED) is 0.768. The van der Waals surface area contributed by atoms with Crippen molar-refractivity contribution in [3.63, 3.8) is 0 Å². The van der Waals surface area contributed by atoms with E-state index in [1.165, 1.54) is 19.4 Å². The molecule has 0 atom stereocenters. The highest BCUT2D eigenvalue weighted by molar-refractivity contribution is 5.85. The van der Waals surface area contributed by atoms with Crippen molar-refractivity contribution in [3.8, 4) is 0 Å². The lowest BCUT2D eigenvalue weighted by Crippen LogP contribution is -2.47. The molecule has 1 aromatic rings. The van der Waals surface area contributed by atoms with E-state index in [0.29, 0.717) is 25.6 Å². The second kappa shape index (κ2) is 8.85. The standard InChI is InChI=1S/C19H28N2O4/c1-19(2,17(20)22)25-18(23)21-11-8-15(9-12-21)10-13-24-14-16-6-4-3-5-7-16/h3-7,15H,8-14H2,1-2H3,(H2,20,22). The van der Waals surface area contributed by atoms with Crippen molar-refractivity contribution in [1.82, 2.24) is 4.90 Å². The third kappa shape index (κ3) is 6.05. The van der Waals surface area contributed by atoms with Gasteiger partial charge in [0, 0.05) is 19.7 Å². The van der Waals surface area contributed by atoms with Crippen LogP contribution < -0.4 is 5.73 Å². The zero-order valence-corrected chi connectivity index (χ0v) is 15.1. The molecule has 0 unspecified atom stereocenters. The molecular weight excluding hydrogens is 320 g/mol. The Morgan fingerprint density at radius 1 is 1.20 bits per heavy atom. The van der Waals surface area contributed by atoms with Crippen LogP contribution in [0.1, 0.15) is 38.7 Å². The first-order valence-electron chi connectivity index (χ1n) is 8.78. The van der Waals surface area contributed by atoms with Crippen LogP contribution in [0.2, 0.25) is 0 Å². The molecule has 0 bridgehead atoms. The van der Waals surface area contributed by atoms with Gasteiger partial charge in [0.1, 0.15) is 0 Å². The summed E-state index contributed by atoms with van der Waals surface area (Å²) in [7, 11) is 0. The molecule has 2 N–H and O–H groups in total. The van der Waals surface area contributed by atoms with Crippen LogP contribution in [0.5, 0.6) is 0 Å². The maximum absolute atomic E-state index is 12.1. The third-order valence-corrected chi connectivity index (χ3v) is 4.59. The molecule has 0 aromatic heterocycles. The zero-order chi connectivity index (χ0) is 18.3. The van der Waals surface area contributed by atoms with E-state index in [4.69, 9.17) is 15.2 Å². The Bertz CT molecular complexity index is 566. The number of primary amides is 1. The average Bonchev–Trinajstić information content (AvgIpc) is 2.59. The first-order chi connectivity index (χ1) is 11.9. The summed E-state index contributed by atoms with van der Waals surface area (Å²) in [5.41, 5.74) is 5.13. The van der Waals surface area contributed by atoms with Crippen molar-refractivity contribution in [2.45, 2.75) is 45.3 Å². The Balaban J connectivity index is 1.64. The summed E-state index contributed by atoms with van der Waals surface area (Å²) in [4.78, 5) is 25.0. The highest BCUT2D eigenvalue weighted by Crippen LogP contribution is 2.22. The maximum atomic E-state index is 12.1. The van der Waals surface area contributed by atoms with Gasteiger partial charge >= 0.3 is 6.09 Å². The molecule has 1 aliphatic heterocycles. The lowest BCUT2D eigenvalue weighted by atomic mass is 9.94. The molecule has 0 saturated carbocycles. The van der Waals surface area contributed by atoms with Crippen LogP contribution in [0.15, 0.2) is 30.3 Å². The average molecular weight is 348 g/mol. The number of hydrogen-bond acceptors (Lipinski definition) is 4. The van der Waals surface area contributed by atoms with Crippen LogP contribution in [0, 0.1) is 5.92 Å². The van der Waals surface area contributed by atoms with Crippen molar-refractivity contribution in [2.24, 2.45) is 11.7 Å². The number of amides is 2. The Hall–Kier alpha value is -2.08. The van der Waals surface area contributed by atoms with Crippen molar-refractivity contribution in [2.75, 3.05) is 19.7 Å². The van der Waals surface area contributed by atoms with E-state index in [-0.39, 0.29) is 0 Å². The van der Waals surface area contributed by atoms with Gasteiger partial charge in [0.15, 0.2) is 5.60 Å². The summed E-state index contributed by atoms with van der Waals surface area (Å²) in [6.07, 6.45) is 2.35. The van der Waals surface area contributed by atoms with E-state index in [9.17, 15) is 9.59 Å². The number of carbonyl (C=O) groups is 2. The minimum Gasteiger partial charge on any atom is -0.433 e. The SMILES string of the molecule is CC(C)(OC(=O)N1CCC(CCOCc2ccccc2)CC1)C(N)=O. The fourth-order valence-corrected chi connectivity index (χ4v) is 2.75. The number of benzene rings is 1. The van der Waals surface area contributed by atoms with Crippen LogP contribution in [0.4, 0.5) is 4.79 Å². The van der Waals surface area contributed by atoms with E-state index in [0.717, 1.165) is 25.9 Å². The molecule has 6 heteroatoms. The summed E-state index contributed by atoms with van der Waals surface area (Å²) < 4.78 is 10.9. The molecule has 2 rings (SSSR count). The minimum absolute atomic E-state index is 0.470. The summed E-state index contributed by atoms with van der Waals surface area (Å²) in [6.45, 7) is 5.63. The number of nitrogens with zero attached hydrogens (tertiary/aromatic N) is 1. The fourth-order valence-electron chi connectivity index (χ4n) is 2.75. The smallest absolute Gasteiger partial charge is 0.410 e. The van der Waals surface area contributed by atoms with Gasteiger partial charge in [-0.25, -0.2) is 4.79 Å². The van der Waals surface area contributed by atoms with Crippen LogP contribution in [-0.4, -0.2) is 42.2 Å². The lowest BCUT2D eigenvalue weighted by Gasteiger charge is -2.33. The highest BCUT2D eigenvalue weighted by atomic mass is 16.6. The molecule has 25 heavy (non-hydrogen) atoms. The van der Waals surface area contributed by atoms with E-state index in [1.807, 2.05) is 18.2 Å². The van der Waals surface area contributed by atoms with Crippen LogP contribution in [-0.2, 0) is 20.9 Å². The number of ether oxygens (including phenoxy) is 2. The lowest BCUT2D eigenvalue weighted by molar-refractivity contribution is -0.134. The summed E-state index contributed by atoms with van der Waals surface area (Å²) in [5, 5.41) is 0. The molecule has 1 saturated heterocycles. The van der Waals surface area contributed by atoms with Crippen molar-refractivity contribution < 1.29 is 19.1 Å². The van der Waals surface area contributed by atoms with Gasteiger partial charge in [-0.05, 0) is 44.6 Å². The van der Waals surface area contributed by atoms with Gasteiger partial charge in [-0.1, -0.05) is 30.3 Å². The summed E-state index contributed by atoms with van der Waals surface area (Å²) >= 11 is 0. The van der Waals surface area contributed by atoms with Crippen LogP contribution in [0.25, 0.3) is 0 Å². The highest BCUT2D eigenvalue weighted by Gasteiger charge is 2.33. The molecule has 6 nitrogen and oxygen atoms in total. The minimum atomic E-state index is -1.28. The molecule has 0 aliphatic carbocycles. The van der Waals surface area contributed by atoms with Crippen molar-refractivity contribution in [1.29, 1.82) is 0 Å².